The fraction of sp³-hybridized carbons (Fsp3) is 0.923. The van der Waals surface area contributed by atoms with Crippen LogP contribution in [0, 0.1) is 0 Å². The molecule has 18 heavy (non-hydrogen) atoms. The van der Waals surface area contributed by atoms with Gasteiger partial charge in [-0.3, -0.25) is 0 Å². The minimum absolute atomic E-state index is 0.0729. The van der Waals surface area contributed by atoms with Gasteiger partial charge in [0.2, 0.25) is 0 Å². The minimum Gasteiger partial charge on any atom is -0.388 e. The smallest absolute Gasteiger partial charge is 0.317 e. The fourth-order valence-electron chi connectivity index (χ4n) is 2.45. The van der Waals surface area contributed by atoms with Gasteiger partial charge in [0.25, 0.3) is 0 Å². The summed E-state index contributed by atoms with van der Waals surface area (Å²) in [4.78, 5) is 13.6. The van der Waals surface area contributed by atoms with Gasteiger partial charge in [-0.15, -0.1) is 0 Å². The van der Waals surface area contributed by atoms with Crippen molar-refractivity contribution in [1.29, 1.82) is 0 Å². The minimum atomic E-state index is -0.659. The molecule has 2 N–H and O–H groups in total. The van der Waals surface area contributed by atoms with Crippen LogP contribution in [0.15, 0.2) is 0 Å². The summed E-state index contributed by atoms with van der Waals surface area (Å²) in [5.41, 5.74) is -0.659. The summed E-state index contributed by atoms with van der Waals surface area (Å²) in [6.45, 7) is 2.51. The molecule has 0 bridgehead atoms. The van der Waals surface area contributed by atoms with E-state index in [0.717, 1.165) is 37.9 Å². The van der Waals surface area contributed by atoms with E-state index in [0.29, 0.717) is 6.54 Å². The number of likely N-dealkylation sites (N-methyl/N-ethyl adjacent to an activating group) is 1. The number of hydrogen-bond donors (Lipinski definition) is 2. The molecule has 0 aromatic heterocycles. The number of thioether (sulfide) groups is 1. The zero-order valence-corrected chi connectivity index (χ0v) is 12.6. The molecule has 1 fully saturated rings. The Bertz CT molecular complexity index is 268. The standard InChI is InChI=1S/C13H26N2O2S/c1-4-11(9-18-3)14-12(16)15(2)10-13(17)7-5-6-8-13/h11,17H,4-10H2,1-3H3,(H,14,16). The van der Waals surface area contributed by atoms with Gasteiger partial charge in [0.05, 0.1) is 12.1 Å². The average Bonchev–Trinajstić information content (AvgIpc) is 2.74. The number of aliphatic hydroxyl groups is 1. The molecule has 0 saturated heterocycles. The second-order valence-corrected chi connectivity index (χ2v) is 6.21. The lowest BCUT2D eigenvalue weighted by molar-refractivity contribution is 0.0245. The van der Waals surface area contributed by atoms with Gasteiger partial charge in [0.15, 0.2) is 0 Å². The second kappa shape index (κ2) is 7.24. The van der Waals surface area contributed by atoms with E-state index in [1.54, 1.807) is 23.7 Å². The van der Waals surface area contributed by atoms with E-state index < -0.39 is 5.60 Å². The monoisotopic (exact) mass is 274 g/mol. The molecule has 0 heterocycles. The summed E-state index contributed by atoms with van der Waals surface area (Å²) < 4.78 is 0. The van der Waals surface area contributed by atoms with E-state index in [4.69, 9.17) is 0 Å². The number of hydrogen-bond acceptors (Lipinski definition) is 3. The van der Waals surface area contributed by atoms with Gasteiger partial charge < -0.3 is 15.3 Å². The Morgan fingerprint density at radius 2 is 2.11 bits per heavy atom. The first kappa shape index (κ1) is 15.6. The van der Waals surface area contributed by atoms with Crippen LogP contribution in [0.1, 0.15) is 39.0 Å². The van der Waals surface area contributed by atoms with Crippen LogP contribution in [0.5, 0.6) is 0 Å². The van der Waals surface area contributed by atoms with Crippen molar-refractivity contribution in [3.63, 3.8) is 0 Å². The first-order valence-electron chi connectivity index (χ1n) is 6.73. The molecule has 0 radical (unpaired) electrons. The summed E-state index contributed by atoms with van der Waals surface area (Å²) in [5, 5.41) is 13.3. The number of rotatable bonds is 6. The van der Waals surface area contributed by atoms with Crippen LogP contribution in [0.2, 0.25) is 0 Å². The van der Waals surface area contributed by atoms with Crippen LogP contribution in [-0.4, -0.2) is 53.3 Å². The Morgan fingerprint density at radius 1 is 1.50 bits per heavy atom. The molecule has 1 atom stereocenters. The Morgan fingerprint density at radius 3 is 2.61 bits per heavy atom. The van der Waals surface area contributed by atoms with Gasteiger partial charge >= 0.3 is 6.03 Å². The van der Waals surface area contributed by atoms with Crippen LogP contribution in [0.25, 0.3) is 0 Å². The van der Waals surface area contributed by atoms with Crippen molar-refractivity contribution < 1.29 is 9.90 Å². The van der Waals surface area contributed by atoms with E-state index in [2.05, 4.69) is 12.2 Å². The third kappa shape index (κ3) is 4.69. The molecular weight excluding hydrogens is 248 g/mol. The molecule has 4 nitrogen and oxygen atoms in total. The zero-order chi connectivity index (χ0) is 13.6. The predicted molar refractivity (Wildman–Crippen MR) is 77.0 cm³/mol. The second-order valence-electron chi connectivity index (χ2n) is 5.30. The molecule has 0 aromatic rings. The molecule has 1 saturated carbocycles. The average molecular weight is 274 g/mol. The highest BCUT2D eigenvalue weighted by molar-refractivity contribution is 7.98. The van der Waals surface area contributed by atoms with Crippen LogP contribution < -0.4 is 5.32 Å². The number of nitrogens with zero attached hydrogens (tertiary/aromatic N) is 1. The number of urea groups is 1. The topological polar surface area (TPSA) is 52.6 Å². The Hall–Kier alpha value is -0.420. The van der Waals surface area contributed by atoms with Crippen molar-refractivity contribution >= 4 is 17.8 Å². The molecule has 0 aromatic carbocycles. The Labute approximate surface area is 115 Å². The molecule has 1 unspecified atom stereocenters. The van der Waals surface area contributed by atoms with Crippen molar-refractivity contribution in [2.45, 2.75) is 50.7 Å². The lowest BCUT2D eigenvalue weighted by Crippen LogP contribution is -2.49. The van der Waals surface area contributed by atoms with Gasteiger partial charge in [-0.2, -0.15) is 11.8 Å². The van der Waals surface area contributed by atoms with E-state index in [1.165, 1.54) is 0 Å². The van der Waals surface area contributed by atoms with Gasteiger partial charge in [0, 0.05) is 18.8 Å². The van der Waals surface area contributed by atoms with Crippen LogP contribution in [0.4, 0.5) is 4.79 Å². The molecule has 106 valence electrons. The molecular formula is C13H26N2O2S. The van der Waals surface area contributed by atoms with Gasteiger partial charge in [-0.05, 0) is 25.5 Å². The van der Waals surface area contributed by atoms with Crippen molar-refractivity contribution in [1.82, 2.24) is 10.2 Å². The van der Waals surface area contributed by atoms with E-state index >= 15 is 0 Å². The van der Waals surface area contributed by atoms with E-state index in [1.807, 2.05) is 6.26 Å². The maximum Gasteiger partial charge on any atom is 0.317 e. The fourth-order valence-corrected chi connectivity index (χ4v) is 3.17. The van der Waals surface area contributed by atoms with Crippen molar-refractivity contribution in [3.05, 3.63) is 0 Å². The predicted octanol–water partition coefficient (Wildman–Crippen LogP) is 2.07. The van der Waals surface area contributed by atoms with Gasteiger partial charge in [-0.1, -0.05) is 19.8 Å². The molecule has 0 spiro atoms. The number of carbonyl (C=O) groups excluding carboxylic acids is 1. The molecule has 1 aliphatic rings. The van der Waals surface area contributed by atoms with Crippen LogP contribution in [0.3, 0.4) is 0 Å². The van der Waals surface area contributed by atoms with Crippen molar-refractivity contribution in [3.8, 4) is 0 Å². The maximum absolute atomic E-state index is 12.0. The highest BCUT2D eigenvalue weighted by atomic mass is 32.2. The number of nitrogens with one attached hydrogen (secondary N) is 1. The lowest BCUT2D eigenvalue weighted by atomic mass is 10.0. The largest absolute Gasteiger partial charge is 0.388 e. The Kier molecular flexibility index (Phi) is 6.29. The van der Waals surface area contributed by atoms with Crippen LogP contribution in [-0.2, 0) is 0 Å². The SMILES string of the molecule is CCC(CSC)NC(=O)N(C)CC1(O)CCCC1. The van der Waals surface area contributed by atoms with Gasteiger partial charge in [-0.25, -0.2) is 4.79 Å². The molecule has 5 heteroatoms. The first-order valence-corrected chi connectivity index (χ1v) is 8.13. The number of amides is 2. The van der Waals surface area contributed by atoms with Crippen molar-refractivity contribution in [2.75, 3.05) is 25.6 Å². The third-order valence-electron chi connectivity index (χ3n) is 3.60. The van der Waals surface area contributed by atoms with Crippen molar-refractivity contribution in [2.24, 2.45) is 0 Å². The third-order valence-corrected chi connectivity index (χ3v) is 4.34. The highest BCUT2D eigenvalue weighted by Gasteiger charge is 2.33. The Balaban J connectivity index is 2.40. The molecule has 1 rings (SSSR count). The summed E-state index contributed by atoms with van der Waals surface area (Å²) >= 11 is 1.74. The highest BCUT2D eigenvalue weighted by Crippen LogP contribution is 2.29. The van der Waals surface area contributed by atoms with Crippen LogP contribution >= 0.6 is 11.8 Å². The lowest BCUT2D eigenvalue weighted by Gasteiger charge is -2.30. The summed E-state index contributed by atoms with van der Waals surface area (Å²) in [6, 6.07) is 0.143. The normalized spacial score (nSPS) is 19.6. The quantitative estimate of drug-likeness (QED) is 0.779. The summed E-state index contributed by atoms with van der Waals surface area (Å²) in [7, 11) is 1.76. The molecule has 2 amide bonds. The van der Waals surface area contributed by atoms with Gasteiger partial charge in [0.1, 0.15) is 0 Å². The summed E-state index contributed by atoms with van der Waals surface area (Å²) in [6.07, 6.45) is 6.73. The van der Waals surface area contributed by atoms with E-state index in [-0.39, 0.29) is 12.1 Å². The maximum atomic E-state index is 12.0. The first-order chi connectivity index (χ1) is 8.50. The van der Waals surface area contributed by atoms with E-state index in [9.17, 15) is 9.90 Å². The molecule has 1 aliphatic carbocycles. The summed E-state index contributed by atoms with van der Waals surface area (Å²) in [5.74, 6) is 0.931. The zero-order valence-electron chi connectivity index (χ0n) is 11.7. The molecule has 0 aliphatic heterocycles. The number of carbonyl (C=O) groups is 1.